The lowest BCUT2D eigenvalue weighted by Gasteiger charge is -2.25. The number of carboxylic acids is 2. The minimum Gasteiger partial charge on any atom is -0.481 e. The van der Waals surface area contributed by atoms with E-state index >= 15 is 0 Å². The first kappa shape index (κ1) is 31.9. The SMILES string of the molecule is CC(C)CC(NC(=O)C(CCCN=C(N)N)NC(=O)C(CS)NC(=O)C(N)CCC(=O)O)C(=O)O. The standard InChI is InChI=1S/C20H37N7O7S/c1-10(2)8-13(19(33)34)26-17(31)12(4-3-7-24-20(22)23)25-18(32)14(9-35)27-16(30)11(21)5-6-15(28)29/h10-14,35H,3-9,21H2,1-2H3,(H,25,32)(H,26,31)(H,27,30)(H,28,29)(H,33,34)(H4,22,23,24). The monoisotopic (exact) mass is 519 g/mol. The molecular formula is C20H37N7O7S. The molecule has 0 heterocycles. The summed E-state index contributed by atoms with van der Waals surface area (Å²) in [5, 5.41) is 25.4. The second kappa shape index (κ2) is 16.5. The van der Waals surface area contributed by atoms with Crippen LogP contribution >= 0.6 is 12.6 Å². The van der Waals surface area contributed by atoms with Crippen molar-refractivity contribution < 1.29 is 34.2 Å². The van der Waals surface area contributed by atoms with Gasteiger partial charge in [0.25, 0.3) is 0 Å². The average Bonchev–Trinajstić information content (AvgIpc) is 2.76. The van der Waals surface area contributed by atoms with Crippen molar-refractivity contribution in [1.82, 2.24) is 16.0 Å². The summed E-state index contributed by atoms with van der Waals surface area (Å²) in [4.78, 5) is 63.8. The van der Waals surface area contributed by atoms with Crippen molar-refractivity contribution in [2.24, 2.45) is 28.1 Å². The summed E-state index contributed by atoms with van der Waals surface area (Å²) in [5.41, 5.74) is 16.2. The van der Waals surface area contributed by atoms with E-state index in [1.807, 2.05) is 0 Å². The Hall–Kier alpha value is -3.07. The van der Waals surface area contributed by atoms with Crippen LogP contribution in [0.15, 0.2) is 4.99 Å². The molecule has 35 heavy (non-hydrogen) atoms. The zero-order valence-electron chi connectivity index (χ0n) is 19.9. The van der Waals surface area contributed by atoms with Gasteiger partial charge in [-0.1, -0.05) is 13.8 Å². The molecule has 0 aromatic heterocycles. The number of guanidine groups is 1. The van der Waals surface area contributed by atoms with Gasteiger partial charge in [0.05, 0.1) is 6.04 Å². The van der Waals surface area contributed by atoms with Gasteiger partial charge in [0, 0.05) is 18.7 Å². The predicted molar refractivity (Wildman–Crippen MR) is 131 cm³/mol. The lowest BCUT2D eigenvalue weighted by atomic mass is 10.0. The van der Waals surface area contributed by atoms with Gasteiger partial charge in [0.15, 0.2) is 5.96 Å². The number of carbonyl (C=O) groups excluding carboxylic acids is 3. The molecule has 15 heteroatoms. The van der Waals surface area contributed by atoms with Crippen molar-refractivity contribution in [3.8, 4) is 0 Å². The van der Waals surface area contributed by atoms with E-state index in [1.54, 1.807) is 13.8 Å². The Kier molecular flexibility index (Phi) is 15.1. The van der Waals surface area contributed by atoms with Gasteiger partial charge in [0.2, 0.25) is 17.7 Å². The number of nitrogens with two attached hydrogens (primary N) is 3. The lowest BCUT2D eigenvalue weighted by molar-refractivity contribution is -0.143. The molecule has 11 N–H and O–H groups in total. The zero-order chi connectivity index (χ0) is 27.1. The Bertz CT molecular complexity index is 775. The molecule has 14 nitrogen and oxygen atoms in total. The Morgan fingerprint density at radius 1 is 0.886 bits per heavy atom. The van der Waals surface area contributed by atoms with E-state index in [-0.39, 0.29) is 56.3 Å². The number of amides is 3. The van der Waals surface area contributed by atoms with Crippen molar-refractivity contribution in [2.45, 2.75) is 70.1 Å². The van der Waals surface area contributed by atoms with E-state index in [0.29, 0.717) is 0 Å². The average molecular weight is 520 g/mol. The van der Waals surface area contributed by atoms with E-state index in [2.05, 4.69) is 33.6 Å². The molecule has 0 aliphatic rings. The van der Waals surface area contributed by atoms with Gasteiger partial charge in [-0.05, 0) is 31.6 Å². The minimum atomic E-state index is -1.21. The molecule has 0 fully saturated rings. The number of thiol groups is 1. The number of carboxylic acid groups (broad SMARTS) is 2. The van der Waals surface area contributed by atoms with Gasteiger partial charge in [-0.3, -0.25) is 24.2 Å². The first-order valence-electron chi connectivity index (χ1n) is 11.1. The molecule has 0 aromatic rings. The van der Waals surface area contributed by atoms with E-state index in [1.165, 1.54) is 0 Å². The van der Waals surface area contributed by atoms with Crippen molar-refractivity contribution in [1.29, 1.82) is 0 Å². The second-order valence-corrected chi connectivity index (χ2v) is 8.69. The molecule has 0 saturated carbocycles. The Morgan fingerprint density at radius 2 is 1.43 bits per heavy atom. The summed E-state index contributed by atoms with van der Waals surface area (Å²) in [6.45, 7) is 3.77. The van der Waals surface area contributed by atoms with Crippen molar-refractivity contribution >= 4 is 48.2 Å². The maximum Gasteiger partial charge on any atom is 0.326 e. The van der Waals surface area contributed by atoms with Crippen LogP contribution in [0.4, 0.5) is 0 Å². The van der Waals surface area contributed by atoms with Crippen molar-refractivity contribution in [2.75, 3.05) is 12.3 Å². The van der Waals surface area contributed by atoms with E-state index in [9.17, 15) is 29.1 Å². The molecule has 200 valence electrons. The Balaban J connectivity index is 5.38. The van der Waals surface area contributed by atoms with E-state index < -0.39 is 53.8 Å². The van der Waals surface area contributed by atoms with Crippen LogP contribution in [0.25, 0.3) is 0 Å². The quantitative estimate of drug-likeness (QED) is 0.0431. The number of carbonyl (C=O) groups is 5. The van der Waals surface area contributed by atoms with Crippen molar-refractivity contribution in [3.05, 3.63) is 0 Å². The van der Waals surface area contributed by atoms with Crippen LogP contribution in [-0.4, -0.2) is 82.3 Å². The first-order chi connectivity index (χ1) is 16.3. The molecule has 0 saturated heterocycles. The molecule has 0 aliphatic carbocycles. The molecule has 0 rings (SSSR count). The molecule has 0 aromatic carbocycles. The van der Waals surface area contributed by atoms with Crippen LogP contribution in [0.1, 0.15) is 46.0 Å². The highest BCUT2D eigenvalue weighted by Crippen LogP contribution is 2.07. The maximum absolute atomic E-state index is 12.8. The third-order valence-electron chi connectivity index (χ3n) is 4.72. The van der Waals surface area contributed by atoms with Gasteiger partial charge in [-0.2, -0.15) is 12.6 Å². The third kappa shape index (κ3) is 14.0. The lowest BCUT2D eigenvalue weighted by Crippen LogP contribution is -2.57. The fourth-order valence-electron chi connectivity index (χ4n) is 2.89. The number of hydrogen-bond donors (Lipinski definition) is 9. The van der Waals surface area contributed by atoms with E-state index in [4.69, 9.17) is 22.3 Å². The van der Waals surface area contributed by atoms with Gasteiger partial charge in [0.1, 0.15) is 18.1 Å². The van der Waals surface area contributed by atoms with Crippen LogP contribution in [0.2, 0.25) is 0 Å². The largest absolute Gasteiger partial charge is 0.481 e. The number of nitrogens with zero attached hydrogens (tertiary/aromatic N) is 1. The first-order valence-corrected chi connectivity index (χ1v) is 11.7. The van der Waals surface area contributed by atoms with Gasteiger partial charge in [-0.25, -0.2) is 4.79 Å². The molecular weight excluding hydrogens is 482 g/mol. The van der Waals surface area contributed by atoms with Crippen LogP contribution in [-0.2, 0) is 24.0 Å². The number of aliphatic carboxylic acids is 2. The fraction of sp³-hybridized carbons (Fsp3) is 0.700. The number of nitrogens with one attached hydrogen (secondary N) is 3. The van der Waals surface area contributed by atoms with Crippen LogP contribution in [0.3, 0.4) is 0 Å². The summed E-state index contributed by atoms with van der Waals surface area (Å²) in [7, 11) is 0. The summed E-state index contributed by atoms with van der Waals surface area (Å²) >= 11 is 4.05. The van der Waals surface area contributed by atoms with Gasteiger partial charge < -0.3 is 43.4 Å². The second-order valence-electron chi connectivity index (χ2n) is 8.32. The maximum atomic E-state index is 12.8. The van der Waals surface area contributed by atoms with Crippen LogP contribution < -0.4 is 33.2 Å². The summed E-state index contributed by atoms with van der Waals surface area (Å²) in [6.07, 6.45) is 0.0823. The predicted octanol–water partition coefficient (Wildman–Crippen LogP) is -2.25. The Labute approximate surface area is 209 Å². The fourth-order valence-corrected chi connectivity index (χ4v) is 3.15. The molecule has 4 atom stereocenters. The summed E-state index contributed by atoms with van der Waals surface area (Å²) in [5.74, 6) is -4.86. The van der Waals surface area contributed by atoms with E-state index in [0.717, 1.165) is 0 Å². The molecule has 0 radical (unpaired) electrons. The minimum absolute atomic E-state index is 0.0135. The topological polar surface area (TPSA) is 252 Å². The van der Waals surface area contributed by atoms with Crippen LogP contribution in [0.5, 0.6) is 0 Å². The third-order valence-corrected chi connectivity index (χ3v) is 5.09. The summed E-state index contributed by atoms with van der Waals surface area (Å²) in [6, 6.07) is -4.65. The number of hydrogen-bond acceptors (Lipinski definition) is 8. The molecule has 4 unspecified atom stereocenters. The molecule has 3 amide bonds. The highest BCUT2D eigenvalue weighted by Gasteiger charge is 2.30. The van der Waals surface area contributed by atoms with Crippen LogP contribution in [0, 0.1) is 5.92 Å². The molecule has 0 aliphatic heterocycles. The zero-order valence-corrected chi connectivity index (χ0v) is 20.8. The normalized spacial score (nSPS) is 14.2. The van der Waals surface area contributed by atoms with Gasteiger partial charge in [-0.15, -0.1) is 0 Å². The number of rotatable bonds is 17. The smallest absolute Gasteiger partial charge is 0.326 e. The molecule has 0 bridgehead atoms. The molecule has 0 spiro atoms. The highest BCUT2D eigenvalue weighted by molar-refractivity contribution is 7.80. The number of aliphatic imine (C=N–C) groups is 1. The summed E-state index contributed by atoms with van der Waals surface area (Å²) < 4.78 is 0. The van der Waals surface area contributed by atoms with Gasteiger partial charge >= 0.3 is 11.9 Å². The highest BCUT2D eigenvalue weighted by atomic mass is 32.1. The Morgan fingerprint density at radius 3 is 1.91 bits per heavy atom. The van der Waals surface area contributed by atoms with Crippen molar-refractivity contribution in [3.63, 3.8) is 0 Å².